The van der Waals surface area contributed by atoms with Crippen LogP contribution in [0.4, 0.5) is 0 Å². The highest BCUT2D eigenvalue weighted by Gasteiger charge is 2.26. The first kappa shape index (κ1) is 18.2. The molecule has 3 heterocycles. The van der Waals surface area contributed by atoms with Gasteiger partial charge >= 0.3 is 0 Å². The number of piperidine rings is 1. The highest BCUT2D eigenvalue weighted by atomic mass is 16.2. The van der Waals surface area contributed by atoms with Gasteiger partial charge in [0, 0.05) is 30.9 Å². The van der Waals surface area contributed by atoms with Gasteiger partial charge in [0.2, 0.25) is 5.65 Å². The van der Waals surface area contributed by atoms with Gasteiger partial charge in [-0.25, -0.2) is 4.98 Å². The number of hydrogen-bond donors (Lipinski definition) is 2. The standard InChI is InChI=1S/C22H20N6O2/c29-21(16-8-7-14-4-1-2-5-15(14)10-16)24-18-6-3-9-28(13-18)22(30)17-11-19-20(23-12-17)26-27-25-19/h1-2,4-5,7-8,10-12,18H,3,6,9,13H2,(H,24,29)(H,23,25,26,27). The van der Waals surface area contributed by atoms with Gasteiger partial charge in [0.1, 0.15) is 5.52 Å². The molecule has 1 atom stereocenters. The van der Waals surface area contributed by atoms with Crippen molar-refractivity contribution in [3.63, 3.8) is 0 Å². The first-order valence-electron chi connectivity index (χ1n) is 9.93. The Hall–Kier alpha value is -3.81. The molecule has 0 saturated carbocycles. The molecule has 2 aromatic heterocycles. The molecule has 2 N–H and O–H groups in total. The number of H-pyrrole nitrogens is 1. The maximum Gasteiger partial charge on any atom is 0.255 e. The van der Waals surface area contributed by atoms with Crippen molar-refractivity contribution in [3.05, 3.63) is 65.9 Å². The lowest BCUT2D eigenvalue weighted by molar-refractivity contribution is 0.0675. The van der Waals surface area contributed by atoms with E-state index >= 15 is 0 Å². The number of carbonyl (C=O) groups is 2. The van der Waals surface area contributed by atoms with E-state index in [-0.39, 0.29) is 17.9 Å². The second kappa shape index (κ2) is 7.55. The number of amides is 2. The molecule has 1 saturated heterocycles. The summed E-state index contributed by atoms with van der Waals surface area (Å²) in [7, 11) is 0. The number of nitrogens with zero attached hydrogens (tertiary/aromatic N) is 4. The second-order valence-corrected chi connectivity index (χ2v) is 7.52. The fourth-order valence-corrected chi connectivity index (χ4v) is 3.92. The zero-order valence-electron chi connectivity index (χ0n) is 16.2. The van der Waals surface area contributed by atoms with E-state index in [0.717, 1.165) is 23.6 Å². The van der Waals surface area contributed by atoms with Gasteiger partial charge in [-0.2, -0.15) is 10.3 Å². The third-order valence-electron chi connectivity index (χ3n) is 5.48. The van der Waals surface area contributed by atoms with E-state index in [2.05, 4.69) is 25.7 Å². The van der Waals surface area contributed by atoms with Crippen LogP contribution >= 0.6 is 0 Å². The number of likely N-dealkylation sites (tertiary alicyclic amines) is 1. The van der Waals surface area contributed by atoms with Crippen LogP contribution in [0.15, 0.2) is 54.7 Å². The monoisotopic (exact) mass is 400 g/mol. The Morgan fingerprint density at radius 2 is 1.90 bits per heavy atom. The largest absolute Gasteiger partial charge is 0.348 e. The Balaban J connectivity index is 1.28. The number of hydrogen-bond acceptors (Lipinski definition) is 5. The van der Waals surface area contributed by atoms with Crippen molar-refractivity contribution >= 4 is 33.8 Å². The number of carbonyl (C=O) groups excluding carboxylic acids is 2. The van der Waals surface area contributed by atoms with Crippen molar-refractivity contribution < 1.29 is 9.59 Å². The molecular formula is C22H20N6O2. The second-order valence-electron chi connectivity index (χ2n) is 7.52. The summed E-state index contributed by atoms with van der Waals surface area (Å²) >= 11 is 0. The Bertz CT molecular complexity index is 1250. The molecule has 8 nitrogen and oxygen atoms in total. The average Bonchev–Trinajstić information content (AvgIpc) is 3.26. The van der Waals surface area contributed by atoms with Crippen LogP contribution in [0.2, 0.25) is 0 Å². The zero-order chi connectivity index (χ0) is 20.5. The van der Waals surface area contributed by atoms with Crippen LogP contribution in [-0.4, -0.2) is 56.2 Å². The molecule has 1 fully saturated rings. The molecule has 1 aliphatic heterocycles. The Morgan fingerprint density at radius 3 is 2.80 bits per heavy atom. The van der Waals surface area contributed by atoms with Crippen LogP contribution in [0, 0.1) is 0 Å². The summed E-state index contributed by atoms with van der Waals surface area (Å²) in [6.45, 7) is 1.12. The van der Waals surface area contributed by atoms with Gasteiger partial charge in [-0.15, -0.1) is 5.10 Å². The van der Waals surface area contributed by atoms with Crippen molar-refractivity contribution in [2.24, 2.45) is 0 Å². The van der Waals surface area contributed by atoms with Crippen molar-refractivity contribution in [2.45, 2.75) is 18.9 Å². The Labute approximate surface area is 172 Å². The summed E-state index contributed by atoms with van der Waals surface area (Å²) in [5, 5.41) is 15.6. The van der Waals surface area contributed by atoms with Crippen LogP contribution in [0.5, 0.6) is 0 Å². The van der Waals surface area contributed by atoms with E-state index in [9.17, 15) is 9.59 Å². The number of fused-ring (bicyclic) bond motifs is 2. The minimum atomic E-state index is -0.120. The van der Waals surface area contributed by atoms with E-state index in [1.807, 2.05) is 42.5 Å². The van der Waals surface area contributed by atoms with Crippen molar-refractivity contribution in [1.29, 1.82) is 0 Å². The van der Waals surface area contributed by atoms with Gasteiger partial charge in [0.25, 0.3) is 11.8 Å². The average molecular weight is 400 g/mol. The molecular weight excluding hydrogens is 380 g/mol. The molecule has 2 aromatic carbocycles. The van der Waals surface area contributed by atoms with E-state index in [0.29, 0.717) is 35.4 Å². The number of nitrogens with one attached hydrogen (secondary N) is 2. The third-order valence-corrected chi connectivity index (χ3v) is 5.48. The number of aromatic amines is 1. The number of pyridine rings is 1. The van der Waals surface area contributed by atoms with Gasteiger partial charge in [-0.05, 0) is 41.8 Å². The van der Waals surface area contributed by atoms with Gasteiger partial charge in [-0.3, -0.25) is 9.59 Å². The van der Waals surface area contributed by atoms with Gasteiger partial charge in [-0.1, -0.05) is 30.3 Å². The number of aromatic nitrogens is 4. The van der Waals surface area contributed by atoms with E-state index in [1.54, 1.807) is 11.0 Å². The smallest absolute Gasteiger partial charge is 0.255 e. The summed E-state index contributed by atoms with van der Waals surface area (Å²) in [5.41, 5.74) is 2.13. The van der Waals surface area contributed by atoms with Crippen LogP contribution in [0.25, 0.3) is 21.9 Å². The van der Waals surface area contributed by atoms with Crippen LogP contribution in [0.3, 0.4) is 0 Å². The lowest BCUT2D eigenvalue weighted by Gasteiger charge is -2.33. The first-order valence-corrected chi connectivity index (χ1v) is 9.93. The van der Waals surface area contributed by atoms with Gasteiger partial charge < -0.3 is 10.2 Å². The highest BCUT2D eigenvalue weighted by Crippen LogP contribution is 2.18. The Morgan fingerprint density at radius 1 is 1.03 bits per heavy atom. The third kappa shape index (κ3) is 3.47. The minimum Gasteiger partial charge on any atom is -0.348 e. The van der Waals surface area contributed by atoms with E-state index in [1.165, 1.54) is 6.20 Å². The van der Waals surface area contributed by atoms with Crippen molar-refractivity contribution in [3.8, 4) is 0 Å². The molecule has 0 bridgehead atoms. The van der Waals surface area contributed by atoms with Crippen molar-refractivity contribution in [1.82, 2.24) is 30.6 Å². The molecule has 1 aliphatic rings. The minimum absolute atomic E-state index is 0.0922. The molecule has 4 aromatic rings. The molecule has 1 unspecified atom stereocenters. The molecule has 5 rings (SSSR count). The number of rotatable bonds is 3. The van der Waals surface area contributed by atoms with Crippen molar-refractivity contribution in [2.75, 3.05) is 13.1 Å². The van der Waals surface area contributed by atoms with E-state index < -0.39 is 0 Å². The maximum absolute atomic E-state index is 12.9. The quantitative estimate of drug-likeness (QED) is 0.550. The molecule has 2 amide bonds. The number of benzene rings is 2. The highest BCUT2D eigenvalue weighted by molar-refractivity contribution is 5.99. The summed E-state index contributed by atoms with van der Waals surface area (Å²) in [6.07, 6.45) is 3.18. The molecule has 150 valence electrons. The van der Waals surface area contributed by atoms with Crippen LogP contribution in [0.1, 0.15) is 33.6 Å². The lowest BCUT2D eigenvalue weighted by atomic mass is 10.0. The lowest BCUT2D eigenvalue weighted by Crippen LogP contribution is -2.49. The zero-order valence-corrected chi connectivity index (χ0v) is 16.2. The molecule has 8 heteroatoms. The summed E-state index contributed by atoms with van der Waals surface area (Å²) in [4.78, 5) is 31.6. The SMILES string of the molecule is O=C(NC1CCCN(C(=O)c2cnc3n[nH]nc3c2)C1)c1ccc2ccccc2c1. The molecule has 30 heavy (non-hydrogen) atoms. The summed E-state index contributed by atoms with van der Waals surface area (Å²) in [5.74, 6) is -0.234. The molecule has 0 radical (unpaired) electrons. The van der Waals surface area contributed by atoms with Crippen LogP contribution in [-0.2, 0) is 0 Å². The predicted octanol–water partition coefficient (Wildman–Crippen LogP) is 2.54. The molecule has 0 aliphatic carbocycles. The fraction of sp³-hybridized carbons (Fsp3) is 0.227. The topological polar surface area (TPSA) is 104 Å². The molecule has 0 spiro atoms. The summed E-state index contributed by atoms with van der Waals surface area (Å²) in [6, 6.07) is 15.2. The van der Waals surface area contributed by atoms with E-state index in [4.69, 9.17) is 0 Å². The summed E-state index contributed by atoms with van der Waals surface area (Å²) < 4.78 is 0. The normalized spacial score (nSPS) is 16.7. The van der Waals surface area contributed by atoms with Gasteiger partial charge in [0.15, 0.2) is 0 Å². The van der Waals surface area contributed by atoms with Gasteiger partial charge in [0.05, 0.1) is 5.56 Å². The Kier molecular flexibility index (Phi) is 4.59. The maximum atomic E-state index is 12.9. The predicted molar refractivity (Wildman–Crippen MR) is 112 cm³/mol. The van der Waals surface area contributed by atoms with Crippen LogP contribution < -0.4 is 5.32 Å². The fourth-order valence-electron chi connectivity index (χ4n) is 3.92. The first-order chi connectivity index (χ1) is 14.7.